The lowest BCUT2D eigenvalue weighted by molar-refractivity contribution is 0.147. The van der Waals surface area contributed by atoms with Crippen LogP contribution in [0.3, 0.4) is 0 Å². The zero-order valence-electron chi connectivity index (χ0n) is 13.2. The molecule has 0 saturated carbocycles. The van der Waals surface area contributed by atoms with Gasteiger partial charge >= 0.3 is 0 Å². The van der Waals surface area contributed by atoms with E-state index in [-0.39, 0.29) is 0 Å². The van der Waals surface area contributed by atoms with Gasteiger partial charge in [-0.1, -0.05) is 23.2 Å². The summed E-state index contributed by atoms with van der Waals surface area (Å²) in [5, 5.41) is 9.53. The molecule has 0 aliphatic carbocycles. The van der Waals surface area contributed by atoms with Gasteiger partial charge < -0.3 is 10.1 Å². The minimum absolute atomic E-state index is 0.473. The summed E-state index contributed by atoms with van der Waals surface area (Å²) in [6.45, 7) is 4.21. The molecule has 0 unspecified atom stereocenters. The third kappa shape index (κ3) is 3.61. The minimum Gasteiger partial charge on any atom is -0.382 e. The molecule has 2 heterocycles. The van der Waals surface area contributed by atoms with E-state index in [0.29, 0.717) is 15.7 Å². The predicted molar refractivity (Wildman–Crippen MR) is 96.3 cm³/mol. The maximum absolute atomic E-state index is 6.09. The van der Waals surface area contributed by atoms with Gasteiger partial charge in [-0.25, -0.2) is 14.6 Å². The quantitative estimate of drug-likeness (QED) is 0.641. The van der Waals surface area contributed by atoms with Gasteiger partial charge in [0.15, 0.2) is 5.65 Å². The smallest absolute Gasteiger partial charge is 0.168 e. The first-order chi connectivity index (χ1) is 11.7. The number of aromatic nitrogens is 4. The van der Waals surface area contributed by atoms with E-state index in [2.05, 4.69) is 20.4 Å². The molecule has 0 amide bonds. The summed E-state index contributed by atoms with van der Waals surface area (Å²) >= 11 is 12.1. The predicted octanol–water partition coefficient (Wildman–Crippen LogP) is 3.96. The van der Waals surface area contributed by atoms with Crippen LogP contribution in [-0.2, 0) is 4.74 Å². The van der Waals surface area contributed by atoms with Crippen LogP contribution in [0.5, 0.6) is 0 Å². The van der Waals surface area contributed by atoms with Crippen molar-refractivity contribution < 1.29 is 4.74 Å². The number of anilines is 1. The topological polar surface area (TPSA) is 64.9 Å². The molecule has 8 heteroatoms. The summed E-state index contributed by atoms with van der Waals surface area (Å²) in [7, 11) is 0. The van der Waals surface area contributed by atoms with Gasteiger partial charge in [0.1, 0.15) is 12.1 Å². The number of hydrogen-bond donors (Lipinski definition) is 1. The molecule has 0 spiro atoms. The second-order valence-electron chi connectivity index (χ2n) is 5.09. The number of ether oxygens (including phenoxy) is 1. The lowest BCUT2D eigenvalue weighted by Gasteiger charge is -2.07. The molecular formula is C16H17Cl2N5O. The van der Waals surface area contributed by atoms with Crippen LogP contribution in [-0.4, -0.2) is 39.5 Å². The summed E-state index contributed by atoms with van der Waals surface area (Å²) < 4.78 is 7.04. The van der Waals surface area contributed by atoms with Crippen molar-refractivity contribution in [1.29, 1.82) is 0 Å². The summed E-state index contributed by atoms with van der Waals surface area (Å²) in [5.41, 5.74) is 1.50. The van der Waals surface area contributed by atoms with Crippen molar-refractivity contribution in [1.82, 2.24) is 19.7 Å². The van der Waals surface area contributed by atoms with Gasteiger partial charge in [0.25, 0.3) is 0 Å². The van der Waals surface area contributed by atoms with E-state index >= 15 is 0 Å². The van der Waals surface area contributed by atoms with Crippen LogP contribution in [0.15, 0.2) is 30.7 Å². The highest BCUT2D eigenvalue weighted by atomic mass is 35.5. The monoisotopic (exact) mass is 365 g/mol. The zero-order valence-corrected chi connectivity index (χ0v) is 14.7. The molecule has 3 aromatic rings. The Labute approximate surface area is 149 Å². The molecule has 1 aromatic carbocycles. The Morgan fingerprint density at radius 2 is 2.08 bits per heavy atom. The molecule has 0 aliphatic heterocycles. The van der Waals surface area contributed by atoms with Crippen LogP contribution in [0.1, 0.15) is 13.3 Å². The van der Waals surface area contributed by atoms with Gasteiger partial charge in [0, 0.05) is 19.8 Å². The highest BCUT2D eigenvalue weighted by Gasteiger charge is 2.11. The minimum atomic E-state index is 0.473. The van der Waals surface area contributed by atoms with E-state index in [1.165, 1.54) is 6.33 Å². The second-order valence-corrected chi connectivity index (χ2v) is 5.91. The maximum Gasteiger partial charge on any atom is 0.168 e. The summed E-state index contributed by atoms with van der Waals surface area (Å²) in [5.74, 6) is 0.753. The molecule has 2 aromatic heterocycles. The van der Waals surface area contributed by atoms with E-state index in [4.69, 9.17) is 27.9 Å². The lowest BCUT2D eigenvalue weighted by atomic mass is 10.3. The number of rotatable bonds is 7. The van der Waals surface area contributed by atoms with Crippen molar-refractivity contribution in [2.45, 2.75) is 13.3 Å². The second kappa shape index (κ2) is 7.79. The highest BCUT2D eigenvalue weighted by Crippen LogP contribution is 2.27. The average molecular weight is 366 g/mol. The Hall–Kier alpha value is -1.89. The summed E-state index contributed by atoms with van der Waals surface area (Å²) in [6.07, 6.45) is 4.16. The van der Waals surface area contributed by atoms with E-state index in [1.807, 2.05) is 13.0 Å². The van der Waals surface area contributed by atoms with Crippen LogP contribution >= 0.6 is 23.2 Å². The van der Waals surface area contributed by atoms with Gasteiger partial charge in [-0.3, -0.25) is 0 Å². The van der Waals surface area contributed by atoms with Crippen molar-refractivity contribution in [3.63, 3.8) is 0 Å². The SMILES string of the molecule is CCOCCCNc1ncnc2c1cnn2-c1ccc(Cl)c(Cl)c1. The maximum atomic E-state index is 6.09. The van der Waals surface area contributed by atoms with Crippen LogP contribution in [0.2, 0.25) is 10.0 Å². The molecule has 0 bridgehead atoms. The van der Waals surface area contributed by atoms with Crippen LogP contribution in [0.4, 0.5) is 5.82 Å². The third-order valence-electron chi connectivity index (χ3n) is 3.48. The third-order valence-corrected chi connectivity index (χ3v) is 4.21. The van der Waals surface area contributed by atoms with Crippen LogP contribution < -0.4 is 5.32 Å². The Balaban J connectivity index is 1.84. The molecule has 0 saturated heterocycles. The van der Waals surface area contributed by atoms with Gasteiger partial charge in [-0.2, -0.15) is 5.10 Å². The first-order valence-electron chi connectivity index (χ1n) is 7.66. The van der Waals surface area contributed by atoms with Crippen molar-refractivity contribution in [3.8, 4) is 5.69 Å². The van der Waals surface area contributed by atoms with Gasteiger partial charge in [-0.05, 0) is 31.5 Å². The molecule has 0 radical (unpaired) electrons. The number of halogens is 2. The Morgan fingerprint density at radius 3 is 2.88 bits per heavy atom. The van der Waals surface area contributed by atoms with Crippen LogP contribution in [0.25, 0.3) is 16.7 Å². The summed E-state index contributed by atoms with van der Waals surface area (Å²) in [6, 6.07) is 5.34. The fourth-order valence-corrected chi connectivity index (χ4v) is 2.61. The van der Waals surface area contributed by atoms with Crippen molar-refractivity contribution in [2.75, 3.05) is 25.1 Å². The largest absolute Gasteiger partial charge is 0.382 e. The van der Waals surface area contributed by atoms with Gasteiger partial charge in [0.2, 0.25) is 0 Å². The lowest BCUT2D eigenvalue weighted by Crippen LogP contribution is -2.07. The van der Waals surface area contributed by atoms with Crippen molar-refractivity contribution >= 4 is 40.1 Å². The molecule has 0 atom stereocenters. The standard InChI is InChI=1S/C16H17Cl2N5O/c1-2-24-7-3-6-19-15-12-9-22-23(16(12)21-10-20-15)11-4-5-13(17)14(18)8-11/h4-5,8-10H,2-3,6-7H2,1H3,(H,19,20,21). The number of nitrogens with one attached hydrogen (secondary N) is 1. The number of nitrogens with zero attached hydrogens (tertiary/aromatic N) is 4. The van der Waals surface area contributed by atoms with E-state index < -0.39 is 0 Å². The van der Waals surface area contributed by atoms with Gasteiger partial charge in [-0.15, -0.1) is 0 Å². The molecule has 6 nitrogen and oxygen atoms in total. The van der Waals surface area contributed by atoms with E-state index in [0.717, 1.165) is 43.1 Å². The molecule has 126 valence electrons. The molecule has 0 aliphatic rings. The van der Waals surface area contributed by atoms with E-state index in [1.54, 1.807) is 23.0 Å². The Morgan fingerprint density at radius 1 is 1.21 bits per heavy atom. The first-order valence-corrected chi connectivity index (χ1v) is 8.42. The van der Waals surface area contributed by atoms with Crippen molar-refractivity contribution in [3.05, 3.63) is 40.8 Å². The van der Waals surface area contributed by atoms with Crippen molar-refractivity contribution in [2.24, 2.45) is 0 Å². The Kier molecular flexibility index (Phi) is 5.50. The molecule has 3 rings (SSSR count). The number of benzene rings is 1. The average Bonchev–Trinajstić information content (AvgIpc) is 3.02. The fraction of sp³-hybridized carbons (Fsp3) is 0.312. The molecular weight excluding hydrogens is 349 g/mol. The Bertz CT molecular complexity index is 836. The number of fused-ring (bicyclic) bond motifs is 1. The molecule has 0 fully saturated rings. The van der Waals surface area contributed by atoms with Crippen LogP contribution in [0, 0.1) is 0 Å². The zero-order chi connectivity index (χ0) is 16.9. The molecule has 1 N–H and O–H groups in total. The normalized spacial score (nSPS) is 11.1. The first kappa shape index (κ1) is 17.0. The fourth-order valence-electron chi connectivity index (χ4n) is 2.32. The molecule has 24 heavy (non-hydrogen) atoms. The van der Waals surface area contributed by atoms with E-state index in [9.17, 15) is 0 Å². The van der Waals surface area contributed by atoms with Gasteiger partial charge in [0.05, 0.1) is 27.3 Å². The summed E-state index contributed by atoms with van der Waals surface area (Å²) in [4.78, 5) is 8.64. The number of hydrogen-bond acceptors (Lipinski definition) is 5. The highest BCUT2D eigenvalue weighted by molar-refractivity contribution is 6.42.